The molecule has 2 aromatic carbocycles. The Kier molecular flexibility index (Phi) is 8.19. The van der Waals surface area contributed by atoms with Gasteiger partial charge in [0.2, 0.25) is 5.90 Å². The van der Waals surface area contributed by atoms with Gasteiger partial charge in [-0.1, -0.05) is 31.2 Å². The molecular weight excluding hydrogens is 416 g/mol. The van der Waals surface area contributed by atoms with E-state index < -0.39 is 6.03 Å². The van der Waals surface area contributed by atoms with Crippen molar-refractivity contribution in [3.63, 3.8) is 0 Å². The van der Waals surface area contributed by atoms with E-state index in [1.165, 1.54) is 31.0 Å². The lowest BCUT2D eigenvalue weighted by atomic mass is 9.90. The van der Waals surface area contributed by atoms with Crippen LogP contribution in [0.5, 0.6) is 0 Å². The van der Waals surface area contributed by atoms with E-state index in [2.05, 4.69) is 28.4 Å². The molecule has 2 aromatic rings. The smallest absolute Gasteiger partial charge is 0.352 e. The van der Waals surface area contributed by atoms with Crippen molar-refractivity contribution in [1.29, 1.82) is 0 Å². The number of hydrogen-bond acceptors (Lipinski definition) is 6. The zero-order valence-corrected chi connectivity index (χ0v) is 20.0. The van der Waals surface area contributed by atoms with Crippen molar-refractivity contribution < 1.29 is 9.53 Å². The Hall–Kier alpha value is -3.23. The summed E-state index contributed by atoms with van der Waals surface area (Å²) in [4.78, 5) is 12.2. The highest BCUT2D eigenvalue weighted by atomic mass is 16.5. The van der Waals surface area contributed by atoms with Crippen molar-refractivity contribution >= 4 is 23.3 Å². The maximum absolute atomic E-state index is 12.2. The van der Waals surface area contributed by atoms with Gasteiger partial charge in [-0.3, -0.25) is 5.01 Å². The van der Waals surface area contributed by atoms with Crippen molar-refractivity contribution in [2.45, 2.75) is 59.5 Å². The number of urea groups is 1. The predicted octanol–water partition coefficient (Wildman–Crippen LogP) is 4.23. The Labute approximate surface area is 195 Å². The molecule has 1 aliphatic carbocycles. The number of hydrazine groups is 2. The normalized spacial score (nSPS) is 14.0. The largest absolute Gasteiger partial charge is 0.475 e. The van der Waals surface area contributed by atoms with E-state index in [0.717, 1.165) is 45.3 Å². The molecule has 176 valence electrons. The van der Waals surface area contributed by atoms with E-state index in [0.29, 0.717) is 18.0 Å². The van der Waals surface area contributed by atoms with Crippen LogP contribution >= 0.6 is 0 Å². The first-order valence-electron chi connectivity index (χ1n) is 11.3. The number of nitrogens with two attached hydrogens (primary N) is 2. The Balaban J connectivity index is 1.76. The Morgan fingerprint density at radius 2 is 1.82 bits per heavy atom. The molecule has 8 heteroatoms. The van der Waals surface area contributed by atoms with Crippen LogP contribution in [-0.4, -0.2) is 29.7 Å². The number of hydrogen-bond donors (Lipinski definition) is 2. The second kappa shape index (κ2) is 11.1. The van der Waals surface area contributed by atoms with Crippen LogP contribution in [0.3, 0.4) is 0 Å². The molecule has 0 spiro atoms. The number of carbonyl (C=O) groups is 1. The number of benzene rings is 2. The molecule has 3 rings (SSSR count). The second-order valence-electron chi connectivity index (χ2n) is 8.35. The number of amides is 2. The molecule has 0 aliphatic heterocycles. The standard InChI is InChI=1S/C25H34N6O2/c1-5-24(29-28-18(3)20-14-13-19-10-6-7-11-21(19)15-20)33-16-22-17(2)9-8-12-23(22)31(27)25(32)30(4)26/h8-9,12-15H,5-7,10-11,16,26-27H2,1-4H3. The summed E-state index contributed by atoms with van der Waals surface area (Å²) in [5, 5.41) is 10.7. The molecule has 0 fully saturated rings. The molecule has 0 unspecified atom stereocenters. The van der Waals surface area contributed by atoms with Gasteiger partial charge in [-0.2, -0.15) is 5.10 Å². The molecule has 0 aromatic heterocycles. The summed E-state index contributed by atoms with van der Waals surface area (Å²) >= 11 is 0. The first kappa shape index (κ1) is 24.4. The Morgan fingerprint density at radius 1 is 1.09 bits per heavy atom. The average molecular weight is 451 g/mol. The van der Waals surface area contributed by atoms with Crippen molar-refractivity contribution in [1.82, 2.24) is 5.01 Å². The fourth-order valence-corrected chi connectivity index (χ4v) is 3.88. The lowest BCUT2D eigenvalue weighted by molar-refractivity contribution is 0.216. The van der Waals surface area contributed by atoms with Gasteiger partial charge >= 0.3 is 6.03 Å². The molecule has 2 amide bonds. The maximum atomic E-state index is 12.2. The molecule has 0 saturated carbocycles. The molecule has 0 bridgehead atoms. The van der Waals surface area contributed by atoms with Crippen molar-refractivity contribution in [2.24, 2.45) is 21.9 Å². The lowest BCUT2D eigenvalue weighted by Crippen LogP contribution is -2.49. The van der Waals surface area contributed by atoms with Gasteiger partial charge in [-0.05, 0) is 73.9 Å². The minimum atomic E-state index is -0.531. The number of nitrogens with zero attached hydrogens (tertiary/aromatic N) is 4. The highest BCUT2D eigenvalue weighted by Crippen LogP contribution is 2.24. The summed E-state index contributed by atoms with van der Waals surface area (Å²) in [5.41, 5.74) is 7.05. The lowest BCUT2D eigenvalue weighted by Gasteiger charge is -2.24. The molecule has 0 saturated heterocycles. The summed E-state index contributed by atoms with van der Waals surface area (Å²) < 4.78 is 5.97. The number of carbonyl (C=O) groups excluding carboxylic acids is 1. The van der Waals surface area contributed by atoms with Crippen LogP contribution in [0.25, 0.3) is 0 Å². The Morgan fingerprint density at radius 3 is 2.52 bits per heavy atom. The fraction of sp³-hybridized carbons (Fsp3) is 0.400. The molecular formula is C25H34N6O2. The Bertz CT molecular complexity index is 1060. The second-order valence-corrected chi connectivity index (χ2v) is 8.35. The SMILES string of the molecule is CCC(=NN=C(C)c1ccc2c(c1)CCCC2)OCc1c(C)cccc1N(N)C(=O)N(C)N. The van der Waals surface area contributed by atoms with Crippen LogP contribution in [0.2, 0.25) is 0 Å². The van der Waals surface area contributed by atoms with Gasteiger partial charge in [0.25, 0.3) is 0 Å². The molecule has 0 atom stereocenters. The van der Waals surface area contributed by atoms with Crippen LogP contribution in [0.15, 0.2) is 46.6 Å². The van der Waals surface area contributed by atoms with E-state index in [1.54, 1.807) is 6.07 Å². The zero-order chi connectivity index (χ0) is 24.0. The van der Waals surface area contributed by atoms with Gasteiger partial charge in [-0.25, -0.2) is 21.5 Å². The molecule has 0 radical (unpaired) electrons. The number of ether oxygens (including phenoxy) is 1. The third kappa shape index (κ3) is 5.97. The summed E-state index contributed by atoms with van der Waals surface area (Å²) in [5.74, 6) is 12.1. The number of fused-ring (bicyclic) bond motifs is 1. The first-order valence-corrected chi connectivity index (χ1v) is 11.3. The molecule has 0 heterocycles. The summed E-state index contributed by atoms with van der Waals surface area (Å²) in [7, 11) is 1.44. The zero-order valence-electron chi connectivity index (χ0n) is 20.0. The third-order valence-electron chi connectivity index (χ3n) is 5.92. The van der Waals surface area contributed by atoms with Crippen LogP contribution in [0.4, 0.5) is 10.5 Å². The monoisotopic (exact) mass is 450 g/mol. The van der Waals surface area contributed by atoms with Crippen LogP contribution < -0.4 is 16.7 Å². The highest BCUT2D eigenvalue weighted by Gasteiger charge is 2.19. The topological polar surface area (TPSA) is 110 Å². The molecule has 4 N–H and O–H groups in total. The number of aryl methyl sites for hydroxylation is 3. The van der Waals surface area contributed by atoms with E-state index in [-0.39, 0.29) is 6.61 Å². The quantitative estimate of drug-likeness (QED) is 0.226. The fourth-order valence-electron chi connectivity index (χ4n) is 3.88. The number of rotatable bonds is 6. The molecule has 1 aliphatic rings. The van der Waals surface area contributed by atoms with Gasteiger partial charge in [0.05, 0.1) is 11.4 Å². The van der Waals surface area contributed by atoms with E-state index in [4.69, 9.17) is 16.4 Å². The number of anilines is 1. The molecule has 33 heavy (non-hydrogen) atoms. The minimum absolute atomic E-state index is 0.206. The van der Waals surface area contributed by atoms with Gasteiger partial charge in [-0.15, -0.1) is 5.10 Å². The van der Waals surface area contributed by atoms with Crippen LogP contribution in [0.1, 0.15) is 60.9 Å². The van der Waals surface area contributed by atoms with Gasteiger partial charge in [0, 0.05) is 19.0 Å². The minimum Gasteiger partial charge on any atom is -0.475 e. The van der Waals surface area contributed by atoms with Gasteiger partial charge in [0.15, 0.2) is 0 Å². The van der Waals surface area contributed by atoms with E-state index >= 15 is 0 Å². The third-order valence-corrected chi connectivity index (χ3v) is 5.92. The van der Waals surface area contributed by atoms with Crippen molar-refractivity contribution in [3.05, 3.63) is 64.2 Å². The van der Waals surface area contributed by atoms with Crippen molar-refractivity contribution in [3.8, 4) is 0 Å². The summed E-state index contributed by atoms with van der Waals surface area (Å²) in [6, 6.07) is 11.6. The first-order chi connectivity index (χ1) is 15.8. The average Bonchev–Trinajstić information content (AvgIpc) is 2.83. The van der Waals surface area contributed by atoms with Gasteiger partial charge < -0.3 is 4.74 Å². The van der Waals surface area contributed by atoms with Crippen LogP contribution in [0, 0.1) is 6.92 Å². The molecule has 8 nitrogen and oxygen atoms in total. The predicted molar refractivity (Wildman–Crippen MR) is 133 cm³/mol. The van der Waals surface area contributed by atoms with Gasteiger partial charge in [0.1, 0.15) is 6.61 Å². The summed E-state index contributed by atoms with van der Waals surface area (Å²) in [6.45, 7) is 6.07. The van der Waals surface area contributed by atoms with E-state index in [1.807, 2.05) is 32.9 Å². The summed E-state index contributed by atoms with van der Waals surface area (Å²) in [6.07, 6.45) is 5.38. The highest BCUT2D eigenvalue weighted by molar-refractivity contribution is 5.99. The van der Waals surface area contributed by atoms with Crippen LogP contribution in [-0.2, 0) is 24.2 Å². The maximum Gasteiger partial charge on any atom is 0.352 e. The van der Waals surface area contributed by atoms with Crippen molar-refractivity contribution in [2.75, 3.05) is 12.1 Å². The van der Waals surface area contributed by atoms with E-state index in [9.17, 15) is 4.79 Å².